The lowest BCUT2D eigenvalue weighted by Crippen LogP contribution is -2.02. The van der Waals surface area contributed by atoms with E-state index in [2.05, 4.69) is 15.9 Å². The van der Waals surface area contributed by atoms with Gasteiger partial charge in [-0.1, -0.05) is 33.6 Å². The molecule has 0 aliphatic carbocycles. The van der Waals surface area contributed by atoms with Crippen LogP contribution in [0.15, 0.2) is 23.1 Å². The van der Waals surface area contributed by atoms with Crippen LogP contribution >= 0.6 is 27.5 Å². The van der Waals surface area contributed by atoms with E-state index in [1.54, 1.807) is 6.07 Å². The van der Waals surface area contributed by atoms with Crippen LogP contribution in [-0.4, -0.2) is 14.5 Å². The molecule has 1 aromatic rings. The highest BCUT2D eigenvalue weighted by Gasteiger charge is 2.15. The van der Waals surface area contributed by atoms with Gasteiger partial charge in [-0.3, -0.25) is 4.79 Å². The summed E-state index contributed by atoms with van der Waals surface area (Å²) in [5, 5.41) is 0.211. The summed E-state index contributed by atoms with van der Waals surface area (Å²) in [7, 11) is 0. The minimum Gasteiger partial charge on any atom is -0.302 e. The van der Waals surface area contributed by atoms with Crippen molar-refractivity contribution >= 4 is 44.4 Å². The average molecular weight is 312 g/mol. The molecular formula is C9H8BrClO3S. The molecule has 6 heteroatoms. The van der Waals surface area contributed by atoms with Gasteiger partial charge in [0.05, 0.1) is 14.7 Å². The van der Waals surface area contributed by atoms with Gasteiger partial charge in [0.1, 0.15) is 5.78 Å². The fourth-order valence-corrected chi connectivity index (χ4v) is 2.12. The molecule has 0 spiro atoms. The Labute approximate surface area is 103 Å². The molecule has 0 saturated carbocycles. The molecule has 0 saturated heterocycles. The molecule has 1 aromatic carbocycles. The van der Waals surface area contributed by atoms with Gasteiger partial charge in [-0.2, -0.15) is 0 Å². The third-order valence-corrected chi connectivity index (χ3v) is 4.12. The van der Waals surface area contributed by atoms with E-state index < -0.39 is 15.9 Å². The van der Waals surface area contributed by atoms with Crippen LogP contribution in [0.5, 0.6) is 0 Å². The Balaban J connectivity index is 3.18. The van der Waals surface area contributed by atoms with Crippen molar-refractivity contribution in [2.45, 2.75) is 16.6 Å². The van der Waals surface area contributed by atoms with Crippen molar-refractivity contribution in [1.29, 1.82) is 0 Å². The zero-order valence-corrected chi connectivity index (χ0v) is 10.9. The summed E-state index contributed by atoms with van der Waals surface area (Å²) in [4.78, 5) is 10.7. The second-order valence-electron chi connectivity index (χ2n) is 2.91. The minimum absolute atomic E-state index is 0.0769. The van der Waals surface area contributed by atoms with E-state index in [4.69, 9.17) is 16.2 Å². The number of hydrogen-bond acceptors (Lipinski definition) is 2. The van der Waals surface area contributed by atoms with E-state index in [0.29, 0.717) is 5.56 Å². The van der Waals surface area contributed by atoms with Gasteiger partial charge in [0, 0.05) is 0 Å². The van der Waals surface area contributed by atoms with Crippen molar-refractivity contribution in [3.8, 4) is 0 Å². The van der Waals surface area contributed by atoms with E-state index in [0.717, 1.165) is 0 Å². The zero-order valence-electron chi connectivity index (χ0n) is 7.74. The van der Waals surface area contributed by atoms with E-state index >= 15 is 0 Å². The standard InChI is InChI=1S/C9H8BrClO3S/c1-5(12)9(10)6-2-3-7(11)8(4-6)15(13)14/h2-4,9H,1H3,(H,13,14). The van der Waals surface area contributed by atoms with Gasteiger partial charge in [-0.15, -0.1) is 0 Å². The Morgan fingerprint density at radius 1 is 1.60 bits per heavy atom. The first-order chi connectivity index (χ1) is 6.93. The lowest BCUT2D eigenvalue weighted by atomic mass is 10.1. The van der Waals surface area contributed by atoms with Crippen LogP contribution in [0, 0.1) is 0 Å². The minimum atomic E-state index is -2.14. The first-order valence-corrected chi connectivity index (χ1v) is 6.38. The largest absolute Gasteiger partial charge is 0.302 e. The summed E-state index contributed by atoms with van der Waals surface area (Å²) in [6.45, 7) is 1.43. The van der Waals surface area contributed by atoms with Crippen LogP contribution in [0.1, 0.15) is 17.3 Å². The van der Waals surface area contributed by atoms with Gasteiger partial charge in [0.25, 0.3) is 0 Å². The van der Waals surface area contributed by atoms with Gasteiger partial charge in [0.15, 0.2) is 11.1 Å². The second-order valence-corrected chi connectivity index (χ2v) is 5.17. The molecule has 3 nitrogen and oxygen atoms in total. The molecule has 0 radical (unpaired) electrons. The number of halogens is 2. The number of ketones is 1. The Hall–Kier alpha value is -0.230. The summed E-state index contributed by atoms with van der Waals surface area (Å²) >= 11 is 6.76. The van der Waals surface area contributed by atoms with Crippen molar-refractivity contribution in [1.82, 2.24) is 0 Å². The lowest BCUT2D eigenvalue weighted by molar-refractivity contribution is -0.116. The number of carbonyl (C=O) groups excluding carboxylic acids is 1. The fraction of sp³-hybridized carbons (Fsp3) is 0.222. The number of hydrogen-bond donors (Lipinski definition) is 1. The predicted octanol–water partition coefficient (Wildman–Crippen LogP) is 2.95. The molecule has 0 aliphatic rings. The third-order valence-electron chi connectivity index (χ3n) is 1.79. The molecule has 1 N–H and O–H groups in total. The molecule has 82 valence electrons. The molecule has 1 rings (SSSR count). The summed E-state index contributed by atoms with van der Waals surface area (Å²) in [5.74, 6) is -0.0769. The molecule has 0 heterocycles. The topological polar surface area (TPSA) is 54.4 Å². The Morgan fingerprint density at radius 3 is 2.67 bits per heavy atom. The zero-order chi connectivity index (χ0) is 11.6. The Bertz CT molecular complexity index is 422. The van der Waals surface area contributed by atoms with Crippen molar-refractivity contribution < 1.29 is 13.6 Å². The van der Waals surface area contributed by atoms with E-state index in [9.17, 15) is 9.00 Å². The van der Waals surface area contributed by atoms with E-state index in [-0.39, 0.29) is 15.7 Å². The molecule has 2 atom stereocenters. The molecule has 0 aromatic heterocycles. The van der Waals surface area contributed by atoms with Crippen molar-refractivity contribution in [3.63, 3.8) is 0 Å². The van der Waals surface area contributed by atoms with Crippen molar-refractivity contribution in [3.05, 3.63) is 28.8 Å². The van der Waals surface area contributed by atoms with E-state index in [1.165, 1.54) is 19.1 Å². The maximum atomic E-state index is 11.1. The summed E-state index contributed by atoms with van der Waals surface area (Å²) in [5.41, 5.74) is 0.615. The number of rotatable bonds is 3. The maximum absolute atomic E-state index is 11.1. The number of carbonyl (C=O) groups is 1. The van der Waals surface area contributed by atoms with Crippen LogP contribution in [0.2, 0.25) is 5.02 Å². The first-order valence-electron chi connectivity index (χ1n) is 3.98. The molecule has 0 aliphatic heterocycles. The fourth-order valence-electron chi connectivity index (χ4n) is 1.05. The lowest BCUT2D eigenvalue weighted by Gasteiger charge is -2.08. The van der Waals surface area contributed by atoms with Crippen LogP contribution in [0.4, 0.5) is 0 Å². The SMILES string of the molecule is CC(=O)C(Br)c1ccc(Cl)c(S(=O)O)c1. The number of Topliss-reactive ketones (excluding diaryl/α,β-unsaturated/α-hetero) is 1. The first kappa shape index (κ1) is 12.8. The van der Waals surface area contributed by atoms with Gasteiger partial charge in [0.2, 0.25) is 0 Å². The van der Waals surface area contributed by atoms with E-state index in [1.807, 2.05) is 0 Å². The van der Waals surface area contributed by atoms with Crippen LogP contribution in [0.3, 0.4) is 0 Å². The number of benzene rings is 1. The molecule has 0 fully saturated rings. The smallest absolute Gasteiger partial charge is 0.188 e. The van der Waals surface area contributed by atoms with Crippen molar-refractivity contribution in [2.24, 2.45) is 0 Å². The van der Waals surface area contributed by atoms with Crippen LogP contribution < -0.4 is 0 Å². The monoisotopic (exact) mass is 310 g/mol. The van der Waals surface area contributed by atoms with Gasteiger partial charge < -0.3 is 4.55 Å². The Kier molecular flexibility index (Phi) is 4.45. The molecule has 0 amide bonds. The van der Waals surface area contributed by atoms with Crippen molar-refractivity contribution in [2.75, 3.05) is 0 Å². The summed E-state index contributed by atoms with van der Waals surface area (Å²) < 4.78 is 19.8. The van der Waals surface area contributed by atoms with Crippen LogP contribution in [-0.2, 0) is 15.9 Å². The average Bonchev–Trinajstić information content (AvgIpc) is 2.16. The summed E-state index contributed by atoms with van der Waals surface area (Å²) in [6, 6.07) is 4.58. The quantitative estimate of drug-likeness (QED) is 0.690. The third kappa shape index (κ3) is 3.11. The van der Waals surface area contributed by atoms with Gasteiger partial charge in [-0.05, 0) is 24.6 Å². The molecule has 0 bridgehead atoms. The number of alkyl halides is 1. The molecular weight excluding hydrogens is 304 g/mol. The molecule has 2 unspecified atom stereocenters. The normalized spacial score (nSPS) is 14.7. The van der Waals surface area contributed by atoms with Gasteiger partial charge in [-0.25, -0.2) is 4.21 Å². The highest BCUT2D eigenvalue weighted by Crippen LogP contribution is 2.28. The Morgan fingerprint density at radius 2 is 2.20 bits per heavy atom. The predicted molar refractivity (Wildman–Crippen MR) is 62.8 cm³/mol. The maximum Gasteiger partial charge on any atom is 0.188 e. The molecule has 15 heavy (non-hydrogen) atoms. The van der Waals surface area contributed by atoms with Crippen LogP contribution in [0.25, 0.3) is 0 Å². The van der Waals surface area contributed by atoms with Gasteiger partial charge >= 0.3 is 0 Å². The highest BCUT2D eigenvalue weighted by molar-refractivity contribution is 9.09. The highest BCUT2D eigenvalue weighted by atomic mass is 79.9. The summed E-state index contributed by atoms with van der Waals surface area (Å²) in [6.07, 6.45) is 0. The second kappa shape index (κ2) is 5.21.